The number of hydrogen-bond acceptors (Lipinski definition) is 2. The van der Waals surface area contributed by atoms with Crippen LogP contribution in [-0.2, 0) is 13.5 Å². The quantitative estimate of drug-likeness (QED) is 0.817. The van der Waals surface area contributed by atoms with Gasteiger partial charge >= 0.3 is 0 Å². The van der Waals surface area contributed by atoms with Crippen molar-refractivity contribution in [3.05, 3.63) is 51.1 Å². The van der Waals surface area contributed by atoms with Gasteiger partial charge in [0.1, 0.15) is 5.82 Å². The zero-order valence-corrected chi connectivity index (χ0v) is 13.2. The molecular formula is C14H17FIN3. The Balaban J connectivity index is 2.10. The molecule has 0 spiro atoms. The average molecular weight is 373 g/mol. The third-order valence-corrected chi connectivity index (χ3v) is 4.23. The molecule has 1 N–H and O–H groups in total. The van der Waals surface area contributed by atoms with Crippen molar-refractivity contribution in [2.45, 2.75) is 18.9 Å². The number of rotatable bonds is 5. The Morgan fingerprint density at radius 3 is 2.79 bits per heavy atom. The molecule has 0 fully saturated rings. The Kier molecular flexibility index (Phi) is 4.93. The lowest BCUT2D eigenvalue weighted by molar-refractivity contribution is 0.531. The molecule has 19 heavy (non-hydrogen) atoms. The zero-order chi connectivity index (χ0) is 13.8. The highest BCUT2D eigenvalue weighted by molar-refractivity contribution is 14.1. The number of aromatic nitrogens is 2. The lowest BCUT2D eigenvalue weighted by atomic mass is 10.0. The molecule has 0 aliphatic rings. The van der Waals surface area contributed by atoms with E-state index >= 15 is 0 Å². The predicted octanol–water partition coefficient (Wildman–Crippen LogP) is 3.06. The molecule has 1 heterocycles. The predicted molar refractivity (Wildman–Crippen MR) is 82.4 cm³/mol. The summed E-state index contributed by atoms with van der Waals surface area (Å²) in [6.07, 6.45) is 3.71. The molecule has 2 aromatic rings. The van der Waals surface area contributed by atoms with Crippen molar-refractivity contribution in [3.63, 3.8) is 0 Å². The molecule has 0 aliphatic heterocycles. The zero-order valence-electron chi connectivity index (χ0n) is 11.0. The monoisotopic (exact) mass is 373 g/mol. The standard InChI is InChI=1S/C14H17FIN3/c1-17-14(6-4-11-7-8-18-19(11)2)12-5-3-10(15)9-13(12)16/h3,5,7-9,14,17H,4,6H2,1-2H3. The number of hydrogen-bond donors (Lipinski definition) is 1. The molecule has 1 atom stereocenters. The fraction of sp³-hybridized carbons (Fsp3) is 0.357. The largest absolute Gasteiger partial charge is 0.313 e. The van der Waals surface area contributed by atoms with Crippen molar-refractivity contribution >= 4 is 22.6 Å². The topological polar surface area (TPSA) is 29.9 Å². The summed E-state index contributed by atoms with van der Waals surface area (Å²) >= 11 is 2.19. The van der Waals surface area contributed by atoms with Crippen molar-refractivity contribution in [1.29, 1.82) is 0 Å². The number of benzene rings is 1. The molecular weight excluding hydrogens is 356 g/mol. The summed E-state index contributed by atoms with van der Waals surface area (Å²) in [5, 5.41) is 7.47. The van der Waals surface area contributed by atoms with Crippen LogP contribution in [0.1, 0.15) is 23.7 Å². The number of aryl methyl sites for hydroxylation is 2. The molecule has 1 aromatic heterocycles. The Morgan fingerprint density at radius 2 is 2.21 bits per heavy atom. The molecule has 0 saturated carbocycles. The van der Waals surface area contributed by atoms with Gasteiger partial charge in [0.15, 0.2) is 0 Å². The minimum absolute atomic E-state index is 0.186. The van der Waals surface area contributed by atoms with Crippen molar-refractivity contribution < 1.29 is 4.39 Å². The second kappa shape index (κ2) is 6.47. The van der Waals surface area contributed by atoms with Crippen LogP contribution in [0.4, 0.5) is 4.39 Å². The smallest absolute Gasteiger partial charge is 0.124 e. The van der Waals surface area contributed by atoms with Crippen LogP contribution < -0.4 is 5.32 Å². The van der Waals surface area contributed by atoms with Gasteiger partial charge in [-0.25, -0.2) is 4.39 Å². The maximum absolute atomic E-state index is 13.1. The fourth-order valence-electron chi connectivity index (χ4n) is 2.18. The van der Waals surface area contributed by atoms with Gasteiger partial charge in [0, 0.05) is 28.6 Å². The van der Waals surface area contributed by atoms with Gasteiger partial charge in [-0.2, -0.15) is 5.10 Å². The Hall–Kier alpha value is -0.950. The van der Waals surface area contributed by atoms with E-state index in [1.165, 1.54) is 11.8 Å². The summed E-state index contributed by atoms with van der Waals surface area (Å²) < 4.78 is 16.0. The van der Waals surface area contributed by atoms with E-state index in [9.17, 15) is 4.39 Å². The van der Waals surface area contributed by atoms with Gasteiger partial charge in [0.05, 0.1) is 0 Å². The van der Waals surface area contributed by atoms with Crippen LogP contribution >= 0.6 is 22.6 Å². The fourth-order valence-corrected chi connectivity index (χ4v) is 3.03. The minimum Gasteiger partial charge on any atom is -0.313 e. The van der Waals surface area contributed by atoms with E-state index in [1.807, 2.05) is 37.1 Å². The summed E-state index contributed by atoms with van der Waals surface area (Å²) in [6.45, 7) is 0. The Bertz CT molecular complexity index is 553. The van der Waals surface area contributed by atoms with Gasteiger partial charge in [-0.3, -0.25) is 4.68 Å². The molecule has 102 valence electrons. The first-order chi connectivity index (χ1) is 9.11. The average Bonchev–Trinajstić information content (AvgIpc) is 2.78. The van der Waals surface area contributed by atoms with E-state index in [2.05, 4.69) is 33.0 Å². The van der Waals surface area contributed by atoms with Crippen LogP contribution in [0, 0.1) is 9.39 Å². The summed E-state index contributed by atoms with van der Waals surface area (Å²) in [5.41, 5.74) is 2.35. The number of nitrogens with one attached hydrogen (secondary N) is 1. The Labute approximate surface area is 126 Å². The van der Waals surface area contributed by atoms with Crippen molar-refractivity contribution in [1.82, 2.24) is 15.1 Å². The van der Waals surface area contributed by atoms with Gasteiger partial charge in [0.2, 0.25) is 0 Å². The molecule has 5 heteroatoms. The first kappa shape index (κ1) is 14.5. The van der Waals surface area contributed by atoms with Gasteiger partial charge in [-0.15, -0.1) is 0 Å². The lowest BCUT2D eigenvalue weighted by Gasteiger charge is -2.18. The molecule has 1 unspecified atom stereocenters. The first-order valence-electron chi connectivity index (χ1n) is 6.21. The van der Waals surface area contributed by atoms with Crippen LogP contribution in [0.15, 0.2) is 30.5 Å². The van der Waals surface area contributed by atoms with E-state index < -0.39 is 0 Å². The molecule has 0 saturated heterocycles. The highest BCUT2D eigenvalue weighted by Gasteiger charge is 2.14. The van der Waals surface area contributed by atoms with Crippen LogP contribution in [-0.4, -0.2) is 16.8 Å². The first-order valence-corrected chi connectivity index (χ1v) is 7.28. The summed E-state index contributed by atoms with van der Waals surface area (Å²) in [6, 6.07) is 7.21. The van der Waals surface area contributed by atoms with Gasteiger partial charge < -0.3 is 5.32 Å². The SMILES string of the molecule is CNC(CCc1ccnn1C)c1ccc(F)cc1I. The van der Waals surface area contributed by atoms with Crippen molar-refractivity contribution in [2.75, 3.05) is 7.05 Å². The minimum atomic E-state index is -0.186. The summed E-state index contributed by atoms with van der Waals surface area (Å²) in [4.78, 5) is 0. The van der Waals surface area contributed by atoms with E-state index in [-0.39, 0.29) is 11.9 Å². The van der Waals surface area contributed by atoms with Crippen LogP contribution in [0.2, 0.25) is 0 Å². The Morgan fingerprint density at radius 1 is 1.42 bits per heavy atom. The van der Waals surface area contributed by atoms with Crippen molar-refractivity contribution in [2.24, 2.45) is 7.05 Å². The van der Waals surface area contributed by atoms with Gasteiger partial charge in [0.25, 0.3) is 0 Å². The van der Waals surface area contributed by atoms with E-state index in [1.54, 1.807) is 6.07 Å². The molecule has 0 radical (unpaired) electrons. The lowest BCUT2D eigenvalue weighted by Crippen LogP contribution is -2.18. The van der Waals surface area contributed by atoms with E-state index in [0.717, 1.165) is 22.0 Å². The van der Waals surface area contributed by atoms with Crippen LogP contribution in [0.25, 0.3) is 0 Å². The van der Waals surface area contributed by atoms with Gasteiger partial charge in [-0.05, 0) is 66.2 Å². The third-order valence-electron chi connectivity index (χ3n) is 3.30. The molecule has 0 bridgehead atoms. The molecule has 3 nitrogen and oxygen atoms in total. The summed E-state index contributed by atoms with van der Waals surface area (Å²) in [7, 11) is 3.89. The third kappa shape index (κ3) is 3.54. The van der Waals surface area contributed by atoms with E-state index in [4.69, 9.17) is 0 Å². The van der Waals surface area contributed by atoms with E-state index in [0.29, 0.717) is 0 Å². The van der Waals surface area contributed by atoms with Crippen molar-refractivity contribution in [3.8, 4) is 0 Å². The molecule has 1 aromatic carbocycles. The van der Waals surface area contributed by atoms with Crippen LogP contribution in [0.3, 0.4) is 0 Å². The molecule has 0 aliphatic carbocycles. The maximum Gasteiger partial charge on any atom is 0.124 e. The number of halogens is 2. The molecule has 2 rings (SSSR count). The second-order valence-electron chi connectivity index (χ2n) is 4.49. The number of nitrogens with zero attached hydrogens (tertiary/aromatic N) is 2. The molecule has 0 amide bonds. The maximum atomic E-state index is 13.1. The summed E-state index contributed by atoms with van der Waals surface area (Å²) in [5.74, 6) is -0.186. The highest BCUT2D eigenvalue weighted by atomic mass is 127. The highest BCUT2D eigenvalue weighted by Crippen LogP contribution is 2.24. The van der Waals surface area contributed by atoms with Gasteiger partial charge in [-0.1, -0.05) is 6.07 Å². The second-order valence-corrected chi connectivity index (χ2v) is 5.65. The normalized spacial score (nSPS) is 12.6. The van der Waals surface area contributed by atoms with Crippen LogP contribution in [0.5, 0.6) is 0 Å².